The number of carbonyl (C=O) groups is 1. The molecule has 0 aromatic heterocycles. The highest BCUT2D eigenvalue weighted by atomic mass is 35.5. The number of hydrogen-bond acceptors (Lipinski definition) is 4. The number of carbonyl (C=O) groups excluding carboxylic acids is 1. The van der Waals surface area contributed by atoms with Crippen molar-refractivity contribution in [1.29, 1.82) is 5.26 Å². The van der Waals surface area contributed by atoms with Crippen molar-refractivity contribution < 1.29 is 15.0 Å². The molecule has 2 aromatic carbocycles. The smallest absolute Gasteiger partial charge is 0.262 e. The Hall–Kier alpha value is -2.97. The molecule has 0 unspecified atom stereocenters. The summed E-state index contributed by atoms with van der Waals surface area (Å²) in [5.74, 6) is -1.12. The average molecular weight is 329 g/mol. The predicted octanol–water partition coefficient (Wildman–Crippen LogP) is 2.97. The maximum absolute atomic E-state index is 12.0. The highest BCUT2D eigenvalue weighted by Gasteiger charge is 2.09. The van der Waals surface area contributed by atoms with Crippen molar-refractivity contribution in [3.8, 4) is 17.6 Å². The molecule has 1 amide bonds. The fraction of sp³-hybridized carbons (Fsp3) is 0.0588. The van der Waals surface area contributed by atoms with E-state index in [0.29, 0.717) is 10.6 Å². The fourth-order valence-electron chi connectivity index (χ4n) is 1.83. The van der Waals surface area contributed by atoms with E-state index < -0.39 is 5.91 Å². The van der Waals surface area contributed by atoms with Gasteiger partial charge in [-0.15, -0.1) is 0 Å². The van der Waals surface area contributed by atoms with Gasteiger partial charge >= 0.3 is 0 Å². The number of nitrogens with zero attached hydrogens (tertiary/aromatic N) is 1. The molecule has 0 radical (unpaired) electrons. The molecule has 0 heterocycles. The summed E-state index contributed by atoms with van der Waals surface area (Å²) in [6, 6.07) is 12.8. The Labute approximate surface area is 138 Å². The van der Waals surface area contributed by atoms with Crippen LogP contribution in [-0.4, -0.2) is 16.1 Å². The molecule has 0 saturated carbocycles. The molecule has 6 heteroatoms. The second-order valence-corrected chi connectivity index (χ2v) is 5.16. The zero-order valence-electron chi connectivity index (χ0n) is 12.0. The molecule has 2 aromatic rings. The Bertz CT molecular complexity index is 792. The van der Waals surface area contributed by atoms with Crippen LogP contribution in [0.1, 0.15) is 11.1 Å². The number of aromatic hydroxyl groups is 2. The summed E-state index contributed by atoms with van der Waals surface area (Å²) < 4.78 is 0. The number of rotatable bonds is 4. The van der Waals surface area contributed by atoms with Gasteiger partial charge in [0, 0.05) is 11.6 Å². The van der Waals surface area contributed by atoms with E-state index in [1.807, 2.05) is 6.07 Å². The van der Waals surface area contributed by atoms with Gasteiger partial charge in [-0.25, -0.2) is 0 Å². The van der Waals surface area contributed by atoms with Gasteiger partial charge in [0.25, 0.3) is 5.91 Å². The number of hydrogen-bond donors (Lipinski definition) is 3. The first-order chi connectivity index (χ1) is 11.0. The molecule has 2 rings (SSSR count). The molecule has 0 atom stereocenters. The number of phenolic OH excluding ortho intramolecular Hbond substituents is 2. The van der Waals surface area contributed by atoms with Crippen molar-refractivity contribution in [3.05, 3.63) is 64.2 Å². The molecule has 116 valence electrons. The summed E-state index contributed by atoms with van der Waals surface area (Å²) in [5, 5.41) is 31.0. The van der Waals surface area contributed by atoms with Crippen LogP contribution >= 0.6 is 11.6 Å². The molecule has 0 aliphatic rings. The molecule has 0 fully saturated rings. The molecule has 3 N–H and O–H groups in total. The maximum atomic E-state index is 12.0. The van der Waals surface area contributed by atoms with Crippen LogP contribution in [0.3, 0.4) is 0 Å². The van der Waals surface area contributed by atoms with E-state index in [9.17, 15) is 15.0 Å². The van der Waals surface area contributed by atoms with Gasteiger partial charge in [-0.2, -0.15) is 5.26 Å². The van der Waals surface area contributed by atoms with Crippen molar-refractivity contribution in [2.24, 2.45) is 0 Å². The summed E-state index contributed by atoms with van der Waals surface area (Å²) in [6.45, 7) is 0.260. The minimum Gasteiger partial charge on any atom is -0.504 e. The minimum absolute atomic E-state index is 0.107. The van der Waals surface area contributed by atoms with Gasteiger partial charge < -0.3 is 15.5 Å². The van der Waals surface area contributed by atoms with Crippen molar-refractivity contribution >= 4 is 23.6 Å². The van der Waals surface area contributed by atoms with Crippen LogP contribution in [0.2, 0.25) is 5.02 Å². The van der Waals surface area contributed by atoms with E-state index in [-0.39, 0.29) is 23.6 Å². The van der Waals surface area contributed by atoms with Crippen LogP contribution in [0.4, 0.5) is 0 Å². The molecule has 0 aliphatic heterocycles. The molecule has 5 nitrogen and oxygen atoms in total. The number of benzene rings is 2. The Morgan fingerprint density at radius 3 is 2.48 bits per heavy atom. The molecular weight excluding hydrogens is 316 g/mol. The highest BCUT2D eigenvalue weighted by Crippen LogP contribution is 2.25. The number of halogens is 1. The normalized spacial score (nSPS) is 10.9. The first-order valence-corrected chi connectivity index (χ1v) is 7.04. The van der Waals surface area contributed by atoms with E-state index in [2.05, 4.69) is 5.32 Å². The van der Waals surface area contributed by atoms with Gasteiger partial charge in [0.15, 0.2) is 11.5 Å². The Morgan fingerprint density at radius 2 is 1.87 bits per heavy atom. The van der Waals surface area contributed by atoms with E-state index in [0.717, 1.165) is 5.56 Å². The van der Waals surface area contributed by atoms with Gasteiger partial charge in [-0.3, -0.25) is 4.79 Å². The zero-order chi connectivity index (χ0) is 16.8. The lowest BCUT2D eigenvalue weighted by atomic mass is 10.1. The van der Waals surface area contributed by atoms with Gasteiger partial charge in [-0.1, -0.05) is 29.8 Å². The van der Waals surface area contributed by atoms with Crippen LogP contribution in [-0.2, 0) is 11.3 Å². The molecule has 0 bridgehead atoms. The Balaban J connectivity index is 2.08. The van der Waals surface area contributed by atoms with Crippen LogP contribution in [0.15, 0.2) is 48.0 Å². The summed E-state index contributed by atoms with van der Waals surface area (Å²) >= 11 is 5.78. The van der Waals surface area contributed by atoms with Crippen LogP contribution in [0, 0.1) is 11.3 Å². The van der Waals surface area contributed by atoms with E-state index in [1.54, 1.807) is 24.3 Å². The van der Waals surface area contributed by atoms with Gasteiger partial charge in [0.05, 0.1) is 0 Å². The quantitative estimate of drug-likeness (QED) is 0.457. The minimum atomic E-state index is -0.532. The van der Waals surface area contributed by atoms with Gasteiger partial charge in [-0.05, 0) is 41.5 Å². The molecular formula is C17H13ClN2O3. The van der Waals surface area contributed by atoms with Crippen LogP contribution < -0.4 is 5.32 Å². The summed E-state index contributed by atoms with van der Waals surface area (Å²) in [6.07, 6.45) is 1.33. The van der Waals surface area contributed by atoms with E-state index >= 15 is 0 Å². The van der Waals surface area contributed by atoms with Crippen molar-refractivity contribution in [3.63, 3.8) is 0 Å². The molecule has 0 saturated heterocycles. The lowest BCUT2D eigenvalue weighted by Crippen LogP contribution is -2.23. The number of phenols is 2. The SMILES string of the molecule is N#C/C(=C/c1ccc(O)c(O)c1)C(=O)NCc1ccc(Cl)cc1. The number of nitrogens with one attached hydrogen (secondary N) is 1. The molecule has 0 spiro atoms. The lowest BCUT2D eigenvalue weighted by Gasteiger charge is -2.05. The van der Waals surface area contributed by atoms with Gasteiger partial charge in [0.2, 0.25) is 0 Å². The standard InChI is InChI=1S/C17H13ClN2O3/c18-14-4-1-11(2-5-14)10-20-17(23)13(9-19)7-12-3-6-15(21)16(22)8-12/h1-8,21-22H,10H2,(H,20,23)/b13-7-. The van der Waals surface area contributed by atoms with E-state index in [4.69, 9.17) is 16.9 Å². The van der Waals surface area contributed by atoms with Crippen molar-refractivity contribution in [1.82, 2.24) is 5.32 Å². The van der Waals surface area contributed by atoms with Crippen molar-refractivity contribution in [2.45, 2.75) is 6.54 Å². The summed E-state index contributed by atoms with van der Waals surface area (Å²) in [4.78, 5) is 12.0. The lowest BCUT2D eigenvalue weighted by molar-refractivity contribution is -0.117. The topological polar surface area (TPSA) is 93.3 Å². The van der Waals surface area contributed by atoms with Crippen LogP contribution in [0.25, 0.3) is 6.08 Å². The monoisotopic (exact) mass is 328 g/mol. The number of nitriles is 1. The van der Waals surface area contributed by atoms with Crippen LogP contribution in [0.5, 0.6) is 11.5 Å². The van der Waals surface area contributed by atoms with Gasteiger partial charge in [0.1, 0.15) is 11.6 Å². The largest absolute Gasteiger partial charge is 0.504 e. The summed E-state index contributed by atoms with van der Waals surface area (Å²) in [7, 11) is 0. The highest BCUT2D eigenvalue weighted by molar-refractivity contribution is 6.30. The first kappa shape index (κ1) is 16.4. The average Bonchev–Trinajstić information content (AvgIpc) is 2.55. The Kier molecular flexibility index (Phi) is 5.23. The molecule has 0 aliphatic carbocycles. The third-order valence-corrected chi connectivity index (χ3v) is 3.29. The predicted molar refractivity (Wildman–Crippen MR) is 86.7 cm³/mol. The van der Waals surface area contributed by atoms with E-state index in [1.165, 1.54) is 24.3 Å². The Morgan fingerprint density at radius 1 is 1.17 bits per heavy atom. The summed E-state index contributed by atoms with van der Waals surface area (Å²) in [5.41, 5.74) is 1.17. The fourth-order valence-corrected chi connectivity index (χ4v) is 1.95. The maximum Gasteiger partial charge on any atom is 0.262 e. The number of amides is 1. The first-order valence-electron chi connectivity index (χ1n) is 6.66. The third-order valence-electron chi connectivity index (χ3n) is 3.04. The second kappa shape index (κ2) is 7.34. The second-order valence-electron chi connectivity index (χ2n) is 4.73. The van der Waals surface area contributed by atoms with Crippen molar-refractivity contribution in [2.75, 3.05) is 0 Å². The zero-order valence-corrected chi connectivity index (χ0v) is 12.7. The third kappa shape index (κ3) is 4.50. The molecule has 23 heavy (non-hydrogen) atoms.